The number of nitrogens with one attached hydrogen (secondary N) is 1. The van der Waals surface area contributed by atoms with Crippen LogP contribution in [0.5, 0.6) is 0 Å². The molecule has 168 valence electrons. The van der Waals surface area contributed by atoms with Gasteiger partial charge in [0.15, 0.2) is 5.69 Å². The Morgan fingerprint density at radius 3 is 2.39 bits per heavy atom. The molecule has 1 aliphatic heterocycles. The third-order valence-electron chi connectivity index (χ3n) is 6.18. The average molecular weight is 443 g/mol. The maximum atomic E-state index is 13.4. The Labute approximate surface area is 191 Å². The molecule has 0 aliphatic carbocycles. The van der Waals surface area contributed by atoms with Gasteiger partial charge in [-0.15, -0.1) is 0 Å². The first kappa shape index (κ1) is 21.2. The molecule has 7 nitrogen and oxygen atoms in total. The smallest absolute Gasteiger partial charge is 0.279 e. The summed E-state index contributed by atoms with van der Waals surface area (Å²) in [5, 5.41) is 8.54. The summed E-state index contributed by atoms with van der Waals surface area (Å²) in [7, 11) is 0. The van der Waals surface area contributed by atoms with Gasteiger partial charge in [0, 0.05) is 11.9 Å². The van der Waals surface area contributed by atoms with Crippen LogP contribution in [0, 0.1) is 0 Å². The predicted octanol–water partition coefficient (Wildman–Crippen LogP) is 3.94. The number of carbonyl (C=O) groups is 1. The maximum absolute atomic E-state index is 13.4. The van der Waals surface area contributed by atoms with E-state index in [1.807, 2.05) is 36.4 Å². The van der Waals surface area contributed by atoms with Crippen LogP contribution in [-0.4, -0.2) is 40.2 Å². The minimum Gasteiger partial charge on any atom is -0.468 e. The molecular weight excluding hydrogens is 416 g/mol. The molecule has 0 bridgehead atoms. The highest BCUT2D eigenvalue weighted by Gasteiger charge is 2.26. The lowest BCUT2D eigenvalue weighted by Gasteiger charge is -2.33. The lowest BCUT2D eigenvalue weighted by molar-refractivity contribution is 0.0909. The van der Waals surface area contributed by atoms with Crippen LogP contribution in [0.2, 0.25) is 0 Å². The van der Waals surface area contributed by atoms with E-state index in [1.165, 1.54) is 11.1 Å². The number of fused-ring (bicyclic) bond motifs is 1. The van der Waals surface area contributed by atoms with E-state index in [0.717, 1.165) is 31.7 Å². The van der Waals surface area contributed by atoms with Gasteiger partial charge in [0.05, 0.1) is 23.4 Å². The second kappa shape index (κ2) is 9.42. The summed E-state index contributed by atoms with van der Waals surface area (Å²) in [5.41, 5.74) is 0.588. The number of likely N-dealkylation sites (tertiary alicyclic amines) is 1. The second-order valence-electron chi connectivity index (χ2n) is 8.28. The van der Waals surface area contributed by atoms with Crippen LogP contribution in [0.3, 0.4) is 0 Å². The quantitative estimate of drug-likeness (QED) is 0.489. The average Bonchev–Trinajstić information content (AvgIpc) is 3.40. The number of aromatic nitrogens is 2. The Morgan fingerprint density at radius 2 is 1.67 bits per heavy atom. The SMILES string of the molecule is O=C(NC[C@@H](c1ccco1)N1CCCCC1)c1nn(-c2ccccc2)c(=O)c2ccccc12. The highest BCUT2D eigenvalue weighted by Crippen LogP contribution is 2.25. The summed E-state index contributed by atoms with van der Waals surface area (Å²) >= 11 is 0. The van der Waals surface area contributed by atoms with E-state index in [4.69, 9.17) is 4.42 Å². The van der Waals surface area contributed by atoms with E-state index in [9.17, 15) is 9.59 Å². The molecule has 0 saturated carbocycles. The minimum atomic E-state index is -0.315. The van der Waals surface area contributed by atoms with Crippen molar-refractivity contribution < 1.29 is 9.21 Å². The van der Waals surface area contributed by atoms with Crippen molar-refractivity contribution in [2.45, 2.75) is 25.3 Å². The van der Waals surface area contributed by atoms with Crippen LogP contribution >= 0.6 is 0 Å². The number of rotatable bonds is 6. The molecule has 2 aromatic heterocycles. The molecule has 0 radical (unpaired) electrons. The number of piperidine rings is 1. The van der Waals surface area contributed by atoms with Crippen molar-refractivity contribution in [2.24, 2.45) is 0 Å². The molecule has 1 N–H and O–H groups in total. The van der Waals surface area contributed by atoms with Crippen LogP contribution < -0.4 is 10.9 Å². The van der Waals surface area contributed by atoms with Crippen molar-refractivity contribution in [3.63, 3.8) is 0 Å². The van der Waals surface area contributed by atoms with Gasteiger partial charge < -0.3 is 9.73 Å². The van der Waals surface area contributed by atoms with Gasteiger partial charge in [0.25, 0.3) is 11.5 Å². The molecule has 33 heavy (non-hydrogen) atoms. The van der Waals surface area contributed by atoms with Crippen LogP contribution in [0.15, 0.2) is 82.2 Å². The first-order valence-corrected chi connectivity index (χ1v) is 11.4. The topological polar surface area (TPSA) is 80.4 Å². The van der Waals surface area contributed by atoms with Gasteiger partial charge in [-0.05, 0) is 56.3 Å². The minimum absolute atomic E-state index is 0.0458. The third kappa shape index (κ3) is 4.32. The van der Waals surface area contributed by atoms with Gasteiger partial charge in [-0.3, -0.25) is 14.5 Å². The number of para-hydroxylation sites is 1. The fraction of sp³-hybridized carbons (Fsp3) is 0.269. The summed E-state index contributed by atoms with van der Waals surface area (Å²) in [6.45, 7) is 2.34. The Bertz CT molecular complexity index is 1290. The molecule has 1 aliphatic rings. The standard InChI is InChI=1S/C26H26N4O3/c31-25(27-18-22(23-14-9-17-33-23)29-15-7-2-8-16-29)24-20-12-5-6-13-21(20)26(32)30(28-24)19-10-3-1-4-11-19/h1,3-6,9-14,17,22H,2,7-8,15-16,18H2,(H,27,31)/t22-/m0/s1. The third-order valence-corrected chi connectivity index (χ3v) is 6.18. The van der Waals surface area contributed by atoms with Gasteiger partial charge in [-0.25, -0.2) is 0 Å². The van der Waals surface area contributed by atoms with Crippen molar-refractivity contribution in [1.29, 1.82) is 0 Å². The number of hydrogen-bond donors (Lipinski definition) is 1. The van der Waals surface area contributed by atoms with Crippen LogP contribution in [0.25, 0.3) is 16.5 Å². The molecule has 3 heterocycles. The van der Waals surface area contributed by atoms with Gasteiger partial charge in [0.1, 0.15) is 5.76 Å². The van der Waals surface area contributed by atoms with Crippen LogP contribution in [0.1, 0.15) is 41.6 Å². The van der Waals surface area contributed by atoms with E-state index in [2.05, 4.69) is 15.3 Å². The fourth-order valence-electron chi connectivity index (χ4n) is 4.50. The van der Waals surface area contributed by atoms with Crippen molar-refractivity contribution in [3.05, 3.63) is 94.8 Å². The number of amides is 1. The normalized spacial score (nSPS) is 15.4. The fourth-order valence-corrected chi connectivity index (χ4v) is 4.50. The van der Waals surface area contributed by atoms with Crippen molar-refractivity contribution >= 4 is 16.7 Å². The Morgan fingerprint density at radius 1 is 0.939 bits per heavy atom. The number of hydrogen-bond acceptors (Lipinski definition) is 5. The van der Waals surface area contributed by atoms with E-state index in [-0.39, 0.29) is 23.2 Å². The number of nitrogens with zero attached hydrogens (tertiary/aromatic N) is 3. The zero-order chi connectivity index (χ0) is 22.6. The summed E-state index contributed by atoms with van der Waals surface area (Å²) in [6.07, 6.45) is 5.17. The predicted molar refractivity (Wildman–Crippen MR) is 127 cm³/mol. The van der Waals surface area contributed by atoms with Gasteiger partial charge in [-0.2, -0.15) is 9.78 Å². The molecule has 1 atom stereocenters. The number of benzene rings is 2. The molecule has 0 unspecified atom stereocenters. The van der Waals surface area contributed by atoms with Crippen LogP contribution in [-0.2, 0) is 0 Å². The second-order valence-corrected chi connectivity index (χ2v) is 8.28. The van der Waals surface area contributed by atoms with Gasteiger partial charge in [0.2, 0.25) is 0 Å². The Kier molecular flexibility index (Phi) is 6.04. The molecule has 1 amide bonds. The number of furan rings is 1. The molecule has 7 heteroatoms. The van der Waals surface area contributed by atoms with Gasteiger partial charge in [-0.1, -0.05) is 42.8 Å². The van der Waals surface area contributed by atoms with E-state index < -0.39 is 0 Å². The molecule has 1 fully saturated rings. The summed E-state index contributed by atoms with van der Waals surface area (Å²) < 4.78 is 6.99. The first-order chi connectivity index (χ1) is 16.2. The van der Waals surface area contributed by atoms with Gasteiger partial charge >= 0.3 is 0 Å². The highest BCUT2D eigenvalue weighted by molar-refractivity contribution is 6.04. The first-order valence-electron chi connectivity index (χ1n) is 11.4. The van der Waals surface area contributed by atoms with Crippen LogP contribution in [0.4, 0.5) is 0 Å². The lowest BCUT2D eigenvalue weighted by Crippen LogP contribution is -2.41. The van der Waals surface area contributed by atoms with E-state index >= 15 is 0 Å². The van der Waals surface area contributed by atoms with Crippen molar-refractivity contribution in [2.75, 3.05) is 19.6 Å². The van der Waals surface area contributed by atoms with Crippen molar-refractivity contribution in [1.82, 2.24) is 20.0 Å². The summed E-state index contributed by atoms with van der Waals surface area (Å²) in [6, 6.07) is 20.0. The molecule has 0 spiro atoms. The lowest BCUT2D eigenvalue weighted by atomic mass is 10.1. The summed E-state index contributed by atoms with van der Waals surface area (Å²) in [5.74, 6) is 0.522. The Balaban J connectivity index is 1.48. The Hall–Kier alpha value is -3.71. The van der Waals surface area contributed by atoms with E-state index in [1.54, 1.807) is 36.6 Å². The van der Waals surface area contributed by atoms with Crippen molar-refractivity contribution in [3.8, 4) is 5.69 Å². The molecule has 4 aromatic rings. The zero-order valence-corrected chi connectivity index (χ0v) is 18.3. The molecular formula is C26H26N4O3. The molecule has 5 rings (SSSR count). The maximum Gasteiger partial charge on any atom is 0.279 e. The number of carbonyl (C=O) groups excluding carboxylic acids is 1. The molecule has 1 saturated heterocycles. The zero-order valence-electron chi connectivity index (χ0n) is 18.3. The monoisotopic (exact) mass is 442 g/mol. The highest BCUT2D eigenvalue weighted by atomic mass is 16.3. The summed E-state index contributed by atoms with van der Waals surface area (Å²) in [4.78, 5) is 28.8. The largest absolute Gasteiger partial charge is 0.468 e. The molecule has 2 aromatic carbocycles. The van der Waals surface area contributed by atoms with E-state index in [0.29, 0.717) is 23.0 Å².